The molecule has 0 saturated carbocycles. The van der Waals surface area contributed by atoms with Crippen molar-refractivity contribution in [3.63, 3.8) is 0 Å². The Balaban J connectivity index is 1.56. The topological polar surface area (TPSA) is 90.7 Å². The molecule has 2 aromatic carbocycles. The van der Waals surface area contributed by atoms with Crippen LogP contribution in [0.25, 0.3) is 28.3 Å². The van der Waals surface area contributed by atoms with E-state index < -0.39 is 0 Å². The second-order valence-corrected chi connectivity index (χ2v) is 6.38. The molecule has 6 nitrogen and oxygen atoms in total. The van der Waals surface area contributed by atoms with Crippen LogP contribution in [0.2, 0.25) is 0 Å². The van der Waals surface area contributed by atoms with Crippen LogP contribution >= 0.6 is 0 Å². The molecule has 0 fully saturated rings. The first-order valence-corrected chi connectivity index (χ1v) is 8.70. The SMILES string of the molecule is Nc1nnc(-c2ccc3c(c2)C(c2nccc(-c4ccccc4F)n2)=CC3)o1. The van der Waals surface area contributed by atoms with Gasteiger partial charge in [-0.1, -0.05) is 29.4 Å². The molecule has 0 bridgehead atoms. The zero-order valence-corrected chi connectivity index (χ0v) is 14.6. The van der Waals surface area contributed by atoms with Crippen molar-refractivity contribution < 1.29 is 8.81 Å². The third-order valence-electron chi connectivity index (χ3n) is 4.66. The fourth-order valence-electron chi connectivity index (χ4n) is 3.33. The fourth-order valence-corrected chi connectivity index (χ4v) is 3.33. The predicted octanol–water partition coefficient (Wildman–Crippen LogP) is 3.90. The van der Waals surface area contributed by atoms with Gasteiger partial charge in [0.05, 0.1) is 5.69 Å². The van der Waals surface area contributed by atoms with Crippen LogP contribution in [0.1, 0.15) is 17.0 Å². The maximum atomic E-state index is 14.2. The monoisotopic (exact) mass is 371 g/mol. The van der Waals surface area contributed by atoms with Crippen LogP contribution in [0.15, 0.2) is 65.2 Å². The number of anilines is 1. The molecule has 1 aliphatic carbocycles. The summed E-state index contributed by atoms with van der Waals surface area (Å²) in [5, 5.41) is 7.64. The molecule has 0 amide bonds. The van der Waals surface area contributed by atoms with Crippen LogP contribution in [-0.2, 0) is 6.42 Å². The number of nitrogens with two attached hydrogens (primary N) is 1. The van der Waals surface area contributed by atoms with Crippen molar-refractivity contribution in [2.24, 2.45) is 0 Å². The predicted molar refractivity (Wildman–Crippen MR) is 102 cm³/mol. The Morgan fingerprint density at radius 2 is 1.89 bits per heavy atom. The highest BCUT2D eigenvalue weighted by molar-refractivity contribution is 5.84. The maximum absolute atomic E-state index is 14.2. The van der Waals surface area contributed by atoms with Crippen LogP contribution in [0, 0.1) is 5.82 Å². The highest BCUT2D eigenvalue weighted by Crippen LogP contribution is 2.35. The number of hydrogen-bond acceptors (Lipinski definition) is 6. The Kier molecular flexibility index (Phi) is 3.72. The van der Waals surface area contributed by atoms with Crippen molar-refractivity contribution in [1.29, 1.82) is 0 Å². The van der Waals surface area contributed by atoms with Gasteiger partial charge in [0.15, 0.2) is 5.82 Å². The number of nitrogens with zero attached hydrogens (tertiary/aromatic N) is 4. The summed E-state index contributed by atoms with van der Waals surface area (Å²) in [5.41, 5.74) is 10.3. The largest absolute Gasteiger partial charge is 0.404 e. The average molecular weight is 371 g/mol. The van der Waals surface area contributed by atoms with Crippen molar-refractivity contribution >= 4 is 11.6 Å². The number of nitrogen functional groups attached to an aromatic ring is 1. The number of rotatable bonds is 3. The lowest BCUT2D eigenvalue weighted by molar-refractivity contribution is 0.590. The molecule has 2 N–H and O–H groups in total. The number of hydrogen-bond donors (Lipinski definition) is 1. The van der Waals surface area contributed by atoms with Gasteiger partial charge in [0.1, 0.15) is 5.82 Å². The maximum Gasteiger partial charge on any atom is 0.313 e. The third-order valence-corrected chi connectivity index (χ3v) is 4.66. The molecule has 28 heavy (non-hydrogen) atoms. The molecule has 5 rings (SSSR count). The van der Waals surface area contributed by atoms with E-state index in [2.05, 4.69) is 26.2 Å². The van der Waals surface area contributed by atoms with E-state index >= 15 is 0 Å². The first kappa shape index (κ1) is 16.3. The van der Waals surface area contributed by atoms with E-state index in [1.54, 1.807) is 30.5 Å². The van der Waals surface area contributed by atoms with Gasteiger partial charge in [0, 0.05) is 22.9 Å². The first-order valence-electron chi connectivity index (χ1n) is 8.70. The number of aromatic nitrogens is 4. The zero-order chi connectivity index (χ0) is 19.1. The van der Waals surface area contributed by atoms with E-state index in [4.69, 9.17) is 10.2 Å². The molecule has 1 aliphatic rings. The molecule has 0 spiro atoms. The minimum absolute atomic E-state index is 0.0205. The summed E-state index contributed by atoms with van der Waals surface area (Å²) < 4.78 is 19.5. The van der Waals surface area contributed by atoms with Crippen LogP contribution in [-0.4, -0.2) is 20.2 Å². The molecule has 2 aromatic heterocycles. The lowest BCUT2D eigenvalue weighted by atomic mass is 10.0. The molecule has 0 aliphatic heterocycles. The Bertz CT molecular complexity index is 1230. The van der Waals surface area contributed by atoms with Crippen molar-refractivity contribution in [3.05, 3.63) is 83.6 Å². The second-order valence-electron chi connectivity index (χ2n) is 6.38. The van der Waals surface area contributed by atoms with E-state index in [-0.39, 0.29) is 11.8 Å². The summed E-state index contributed by atoms with van der Waals surface area (Å²) in [6.07, 6.45) is 4.48. The molecule has 136 valence electrons. The van der Waals surface area contributed by atoms with Crippen molar-refractivity contribution in [2.45, 2.75) is 6.42 Å². The zero-order valence-electron chi connectivity index (χ0n) is 14.6. The van der Waals surface area contributed by atoms with Gasteiger partial charge >= 0.3 is 6.01 Å². The van der Waals surface area contributed by atoms with Gasteiger partial charge in [-0.25, -0.2) is 14.4 Å². The van der Waals surface area contributed by atoms with Gasteiger partial charge in [0.2, 0.25) is 5.89 Å². The first-order chi connectivity index (χ1) is 13.7. The molecular weight excluding hydrogens is 357 g/mol. The number of benzene rings is 2. The summed E-state index contributed by atoms with van der Waals surface area (Å²) >= 11 is 0. The molecule has 0 atom stereocenters. The normalized spacial score (nSPS) is 12.7. The molecule has 0 unspecified atom stereocenters. The standard InChI is InChI=1S/C21H14FN5O/c22-17-4-2-1-3-15(17)18-9-10-24-19(25-18)14-8-7-12-5-6-13(11-16(12)14)20-26-27-21(23)28-20/h1-6,8-11H,7H2,(H2,23,27). The Hall–Kier alpha value is -3.87. The Labute approximate surface area is 159 Å². The Morgan fingerprint density at radius 3 is 2.71 bits per heavy atom. The van der Waals surface area contributed by atoms with Crippen LogP contribution in [0.5, 0.6) is 0 Å². The van der Waals surface area contributed by atoms with E-state index in [0.717, 1.165) is 28.7 Å². The Morgan fingerprint density at radius 1 is 1.00 bits per heavy atom. The van der Waals surface area contributed by atoms with Crippen molar-refractivity contribution in [1.82, 2.24) is 20.2 Å². The quantitative estimate of drug-likeness (QED) is 0.587. The van der Waals surface area contributed by atoms with Gasteiger partial charge in [-0.2, -0.15) is 0 Å². The van der Waals surface area contributed by atoms with Gasteiger partial charge in [-0.15, -0.1) is 5.10 Å². The molecular formula is C21H14FN5O. The highest BCUT2D eigenvalue weighted by atomic mass is 19.1. The van der Waals surface area contributed by atoms with E-state index in [1.165, 1.54) is 6.07 Å². The summed E-state index contributed by atoms with van der Waals surface area (Å²) in [5.74, 6) is 0.582. The fraction of sp³-hybridized carbons (Fsp3) is 0.0476. The lowest BCUT2D eigenvalue weighted by Crippen LogP contribution is -1.98. The van der Waals surface area contributed by atoms with Gasteiger partial charge in [-0.3, -0.25) is 0 Å². The summed E-state index contributed by atoms with van der Waals surface area (Å²) in [6, 6.07) is 14.2. The lowest BCUT2D eigenvalue weighted by Gasteiger charge is -2.08. The minimum atomic E-state index is -0.316. The van der Waals surface area contributed by atoms with E-state index in [0.29, 0.717) is 23.0 Å². The number of halogens is 1. The number of fused-ring (bicyclic) bond motifs is 1. The second kappa shape index (κ2) is 6.38. The van der Waals surface area contributed by atoms with Crippen molar-refractivity contribution in [3.8, 4) is 22.7 Å². The molecule has 2 heterocycles. The minimum Gasteiger partial charge on any atom is -0.404 e. The average Bonchev–Trinajstić information content (AvgIpc) is 3.34. The summed E-state index contributed by atoms with van der Waals surface area (Å²) in [6.45, 7) is 0. The van der Waals surface area contributed by atoms with Crippen LogP contribution in [0.3, 0.4) is 0 Å². The van der Waals surface area contributed by atoms with E-state index in [1.807, 2.05) is 18.2 Å². The number of allylic oxidation sites excluding steroid dienone is 1. The molecule has 0 radical (unpaired) electrons. The third kappa shape index (κ3) is 2.73. The summed E-state index contributed by atoms with van der Waals surface area (Å²) in [4.78, 5) is 9.01. The molecule has 4 aromatic rings. The van der Waals surface area contributed by atoms with Gasteiger partial charge < -0.3 is 10.2 Å². The van der Waals surface area contributed by atoms with Crippen molar-refractivity contribution in [2.75, 3.05) is 5.73 Å². The smallest absolute Gasteiger partial charge is 0.313 e. The van der Waals surface area contributed by atoms with E-state index in [9.17, 15) is 4.39 Å². The molecule has 7 heteroatoms. The van der Waals surface area contributed by atoms with Crippen LogP contribution < -0.4 is 5.73 Å². The summed E-state index contributed by atoms with van der Waals surface area (Å²) in [7, 11) is 0. The highest BCUT2D eigenvalue weighted by Gasteiger charge is 2.20. The van der Waals surface area contributed by atoms with Crippen LogP contribution in [0.4, 0.5) is 10.4 Å². The van der Waals surface area contributed by atoms with Gasteiger partial charge in [-0.05, 0) is 47.9 Å². The molecule has 0 saturated heterocycles. The van der Waals surface area contributed by atoms with Gasteiger partial charge in [0.25, 0.3) is 0 Å².